The zero-order valence-corrected chi connectivity index (χ0v) is 20.8. The molecule has 0 saturated heterocycles. The highest BCUT2D eigenvalue weighted by atomic mass is 19.3. The number of ether oxygens (including phenoxy) is 2. The Morgan fingerprint density at radius 2 is 1.42 bits per heavy atom. The molecule has 0 aliphatic rings. The number of nitrogens with zero attached hydrogens (tertiary/aromatic N) is 3. The Bertz CT molecular complexity index is 1290. The summed E-state index contributed by atoms with van der Waals surface area (Å²) in [5.41, 5.74) is 3.50. The first-order chi connectivity index (χ1) is 18.3. The Kier molecular flexibility index (Phi) is 8.78. The summed E-state index contributed by atoms with van der Waals surface area (Å²) in [6.07, 6.45) is 5.56. The van der Waals surface area contributed by atoms with Gasteiger partial charge in [-0.15, -0.1) is 0 Å². The summed E-state index contributed by atoms with van der Waals surface area (Å²) in [5.74, 6) is -0.498. The number of benzene rings is 2. The molecular weight excluding hydrogens is 498 g/mol. The summed E-state index contributed by atoms with van der Waals surface area (Å²) in [6.45, 7) is -4.29. The van der Waals surface area contributed by atoms with Gasteiger partial charge in [0.05, 0.1) is 6.04 Å². The number of hydrogen-bond acceptors (Lipinski definition) is 5. The van der Waals surface area contributed by atoms with Crippen molar-refractivity contribution < 1.29 is 27.0 Å². The van der Waals surface area contributed by atoms with E-state index in [0.29, 0.717) is 12.0 Å². The number of anilines is 1. The fraction of sp³-hybridized carbons (Fsp3) is 0.241. The van der Waals surface area contributed by atoms with Crippen LogP contribution < -0.4 is 14.4 Å². The summed E-state index contributed by atoms with van der Waals surface area (Å²) in [7, 11) is 1.96. The second-order valence-electron chi connectivity index (χ2n) is 8.72. The highest BCUT2D eigenvalue weighted by Gasteiger charge is 2.22. The molecule has 2 aromatic carbocycles. The molecule has 0 radical (unpaired) electrons. The zero-order chi connectivity index (χ0) is 27.1. The van der Waals surface area contributed by atoms with Crippen molar-refractivity contribution in [2.24, 2.45) is 0 Å². The van der Waals surface area contributed by atoms with Crippen molar-refractivity contribution in [2.75, 3.05) is 11.9 Å². The topological polar surface area (TPSA) is 47.5 Å². The van der Waals surface area contributed by atoms with Gasteiger partial charge in [-0.05, 0) is 65.9 Å². The lowest BCUT2D eigenvalue weighted by atomic mass is 9.86. The van der Waals surface area contributed by atoms with Gasteiger partial charge in [-0.3, -0.25) is 4.98 Å². The highest BCUT2D eigenvalue weighted by Crippen LogP contribution is 2.37. The molecule has 0 fully saturated rings. The van der Waals surface area contributed by atoms with E-state index in [0.717, 1.165) is 22.5 Å². The van der Waals surface area contributed by atoms with E-state index in [9.17, 15) is 17.6 Å². The fourth-order valence-electron chi connectivity index (χ4n) is 4.27. The van der Waals surface area contributed by atoms with Crippen LogP contribution in [0.15, 0.2) is 91.4 Å². The van der Waals surface area contributed by atoms with E-state index in [2.05, 4.69) is 43.4 Å². The number of alkyl halides is 4. The standard InChI is InChI=1S/C29H27F4N3O2/c1-19(21-6-4-3-5-7-21)36(2)27-11-9-23(18-35-27)24(16-20-12-14-34-15-13-20)22-8-10-25(37-28(30)31)26(17-22)38-29(32)33/h3-15,17-19,24,28-29H,16H2,1-2H3/t19-,24?/m1/s1. The smallest absolute Gasteiger partial charge is 0.387 e. The van der Waals surface area contributed by atoms with Crippen molar-refractivity contribution in [1.29, 1.82) is 0 Å². The minimum atomic E-state index is -3.20. The summed E-state index contributed by atoms with van der Waals surface area (Å²) in [5, 5.41) is 0. The zero-order valence-electron chi connectivity index (χ0n) is 20.8. The maximum Gasteiger partial charge on any atom is 0.387 e. The van der Waals surface area contributed by atoms with Crippen molar-refractivity contribution in [1.82, 2.24) is 9.97 Å². The van der Waals surface area contributed by atoms with Crippen LogP contribution in [0.2, 0.25) is 0 Å². The third kappa shape index (κ3) is 6.79. The molecule has 198 valence electrons. The average Bonchev–Trinajstić information content (AvgIpc) is 2.92. The predicted octanol–water partition coefficient (Wildman–Crippen LogP) is 7.25. The van der Waals surface area contributed by atoms with Gasteiger partial charge >= 0.3 is 13.2 Å². The molecular formula is C29H27F4N3O2. The molecule has 1 unspecified atom stereocenters. The Labute approximate surface area is 218 Å². The predicted molar refractivity (Wildman–Crippen MR) is 137 cm³/mol. The van der Waals surface area contributed by atoms with E-state index in [1.165, 1.54) is 12.1 Å². The number of pyridine rings is 2. The Balaban J connectivity index is 1.67. The SMILES string of the molecule is C[C@H](c1ccccc1)N(C)c1ccc(C(Cc2ccncc2)c2ccc(OC(F)F)c(OC(F)F)c2)cn1. The first-order valence-corrected chi connectivity index (χ1v) is 12.0. The first kappa shape index (κ1) is 26.9. The molecule has 0 aliphatic carbocycles. The molecule has 4 rings (SSSR count). The van der Waals surface area contributed by atoms with Gasteiger partial charge in [0.25, 0.3) is 0 Å². The second kappa shape index (κ2) is 12.4. The van der Waals surface area contributed by atoms with Gasteiger partial charge < -0.3 is 14.4 Å². The van der Waals surface area contributed by atoms with Crippen LogP contribution in [0.1, 0.15) is 41.1 Å². The Morgan fingerprint density at radius 3 is 2.05 bits per heavy atom. The van der Waals surface area contributed by atoms with Gasteiger partial charge in [0, 0.05) is 31.6 Å². The van der Waals surface area contributed by atoms with E-state index in [1.54, 1.807) is 24.7 Å². The number of rotatable bonds is 11. The number of aromatic nitrogens is 2. The second-order valence-corrected chi connectivity index (χ2v) is 8.72. The molecule has 9 heteroatoms. The number of halogens is 4. The lowest BCUT2D eigenvalue weighted by Gasteiger charge is -2.27. The highest BCUT2D eigenvalue weighted by molar-refractivity contribution is 5.48. The third-order valence-corrected chi connectivity index (χ3v) is 6.39. The summed E-state index contributed by atoms with van der Waals surface area (Å²) >= 11 is 0. The molecule has 4 aromatic rings. The van der Waals surface area contributed by atoms with Crippen molar-refractivity contribution in [3.05, 3.63) is 114 Å². The molecule has 2 heterocycles. The molecule has 0 aliphatic heterocycles. The van der Waals surface area contributed by atoms with Crippen molar-refractivity contribution in [3.8, 4) is 11.5 Å². The molecule has 0 bridgehead atoms. The molecule has 38 heavy (non-hydrogen) atoms. The molecule has 5 nitrogen and oxygen atoms in total. The molecule has 2 atom stereocenters. The van der Waals surface area contributed by atoms with Crippen molar-refractivity contribution >= 4 is 5.82 Å². The Hall–Kier alpha value is -4.14. The van der Waals surface area contributed by atoms with Crippen molar-refractivity contribution in [3.63, 3.8) is 0 Å². The van der Waals surface area contributed by atoms with Gasteiger partial charge in [0.15, 0.2) is 11.5 Å². The molecule has 0 spiro atoms. The lowest BCUT2D eigenvalue weighted by molar-refractivity contribution is -0.0692. The minimum Gasteiger partial charge on any atom is -0.431 e. The lowest BCUT2D eigenvalue weighted by Crippen LogP contribution is -2.22. The average molecular weight is 526 g/mol. The maximum absolute atomic E-state index is 13.1. The quantitative estimate of drug-likeness (QED) is 0.193. The van der Waals surface area contributed by atoms with E-state index in [-0.39, 0.29) is 12.0 Å². The molecule has 0 amide bonds. The van der Waals surface area contributed by atoms with Gasteiger partial charge in [0.1, 0.15) is 5.82 Å². The van der Waals surface area contributed by atoms with Crippen LogP contribution in [0.5, 0.6) is 11.5 Å². The van der Waals surface area contributed by atoms with Gasteiger partial charge in [-0.25, -0.2) is 4.98 Å². The fourth-order valence-corrected chi connectivity index (χ4v) is 4.27. The van der Waals surface area contributed by atoms with Crippen LogP contribution >= 0.6 is 0 Å². The normalized spacial score (nSPS) is 12.8. The first-order valence-electron chi connectivity index (χ1n) is 12.0. The monoisotopic (exact) mass is 525 g/mol. The summed E-state index contributed by atoms with van der Waals surface area (Å²) in [4.78, 5) is 10.8. The van der Waals surface area contributed by atoms with Crippen LogP contribution in [0, 0.1) is 0 Å². The van der Waals surface area contributed by atoms with Crippen LogP contribution in [0.25, 0.3) is 0 Å². The molecule has 0 N–H and O–H groups in total. The molecule has 0 saturated carbocycles. The van der Waals surface area contributed by atoms with Crippen LogP contribution in [0.3, 0.4) is 0 Å². The number of hydrogen-bond donors (Lipinski definition) is 0. The van der Waals surface area contributed by atoms with E-state index in [4.69, 9.17) is 0 Å². The van der Waals surface area contributed by atoms with E-state index >= 15 is 0 Å². The van der Waals surface area contributed by atoms with Crippen molar-refractivity contribution in [2.45, 2.75) is 38.5 Å². The van der Waals surface area contributed by atoms with E-state index < -0.39 is 24.7 Å². The van der Waals surface area contributed by atoms with Gasteiger partial charge in [0.2, 0.25) is 0 Å². The van der Waals surface area contributed by atoms with Crippen LogP contribution in [-0.4, -0.2) is 30.2 Å². The maximum atomic E-state index is 13.1. The largest absolute Gasteiger partial charge is 0.431 e. The Morgan fingerprint density at radius 1 is 0.763 bits per heavy atom. The molecule has 2 aromatic heterocycles. The third-order valence-electron chi connectivity index (χ3n) is 6.39. The van der Waals surface area contributed by atoms with Gasteiger partial charge in [-0.2, -0.15) is 17.6 Å². The minimum absolute atomic E-state index is 0.0820. The summed E-state index contributed by atoms with van der Waals surface area (Å²) < 4.78 is 60.7. The van der Waals surface area contributed by atoms with Crippen LogP contribution in [0.4, 0.5) is 23.4 Å². The van der Waals surface area contributed by atoms with Crippen LogP contribution in [-0.2, 0) is 6.42 Å². The van der Waals surface area contributed by atoms with E-state index in [1.807, 2.05) is 49.5 Å². The summed E-state index contributed by atoms with van der Waals surface area (Å²) in [6, 6.07) is 21.8. The van der Waals surface area contributed by atoms with Gasteiger partial charge in [-0.1, -0.05) is 42.5 Å².